The van der Waals surface area contributed by atoms with Gasteiger partial charge in [-0.15, -0.1) is 0 Å². The zero-order chi connectivity index (χ0) is 25.8. The van der Waals surface area contributed by atoms with Gasteiger partial charge in [-0.25, -0.2) is 23.7 Å². The van der Waals surface area contributed by atoms with Crippen LogP contribution >= 0.6 is 0 Å². The maximum absolute atomic E-state index is 13.5. The summed E-state index contributed by atoms with van der Waals surface area (Å²) in [5.41, 5.74) is 1.56. The molecule has 0 bridgehead atoms. The number of anilines is 2. The summed E-state index contributed by atoms with van der Waals surface area (Å²) < 4.78 is 38.3. The van der Waals surface area contributed by atoms with Gasteiger partial charge in [0.15, 0.2) is 17.5 Å². The van der Waals surface area contributed by atoms with Gasteiger partial charge in [0.1, 0.15) is 0 Å². The average Bonchev–Trinajstić information content (AvgIpc) is 3.41. The normalized spacial score (nSPS) is 19.4. The molecule has 0 spiro atoms. The Bertz CT molecular complexity index is 1390. The fraction of sp³-hybridized carbons (Fsp3) is 0.231. The SMILES string of the molecule is CC1(C(=O)NCc2ccccc2)COC(c2ncc(-c3ccnc(Nc4ccc(F)c(F)c4)n3)[nH]2)OC1. The first-order valence-corrected chi connectivity index (χ1v) is 11.6. The lowest BCUT2D eigenvalue weighted by Gasteiger charge is -2.35. The van der Waals surface area contributed by atoms with Gasteiger partial charge in [0.25, 0.3) is 0 Å². The minimum Gasteiger partial charge on any atom is -0.351 e. The summed E-state index contributed by atoms with van der Waals surface area (Å²) in [6.45, 7) is 2.53. The highest BCUT2D eigenvalue weighted by Gasteiger charge is 2.40. The molecule has 2 aromatic heterocycles. The predicted octanol–water partition coefficient (Wildman–Crippen LogP) is 4.26. The standard InChI is InChI=1S/C26H24F2N6O3/c1-26(24(35)31-12-16-5-3-2-4-6-16)14-36-23(37-15-26)22-30-13-21(33-22)20-9-10-29-25(34-20)32-17-7-8-18(27)19(28)11-17/h2-11,13,23H,12,14-15H2,1H3,(H,30,33)(H,31,35)(H,29,32,34). The Kier molecular flexibility index (Phi) is 6.89. The van der Waals surface area contributed by atoms with Crippen LogP contribution in [0.4, 0.5) is 20.4 Å². The Hall–Kier alpha value is -4.22. The Morgan fingerprint density at radius 2 is 1.86 bits per heavy atom. The maximum atomic E-state index is 13.5. The molecule has 1 amide bonds. The molecule has 190 valence electrons. The van der Waals surface area contributed by atoms with Crippen molar-refractivity contribution in [1.29, 1.82) is 0 Å². The Morgan fingerprint density at radius 1 is 1.08 bits per heavy atom. The molecule has 9 nitrogen and oxygen atoms in total. The van der Waals surface area contributed by atoms with Crippen LogP contribution in [-0.2, 0) is 20.8 Å². The summed E-state index contributed by atoms with van der Waals surface area (Å²) in [4.78, 5) is 28.7. The molecule has 2 aromatic carbocycles. The van der Waals surface area contributed by atoms with Crippen LogP contribution in [0.5, 0.6) is 0 Å². The van der Waals surface area contributed by atoms with Gasteiger partial charge in [-0.2, -0.15) is 0 Å². The van der Waals surface area contributed by atoms with Crippen molar-refractivity contribution in [3.8, 4) is 11.4 Å². The molecular weight excluding hydrogens is 482 g/mol. The Balaban J connectivity index is 1.20. The number of aromatic nitrogens is 4. The molecule has 0 saturated carbocycles. The third kappa shape index (κ3) is 5.63. The van der Waals surface area contributed by atoms with Crippen LogP contribution in [0, 0.1) is 17.0 Å². The van der Waals surface area contributed by atoms with E-state index in [0.29, 0.717) is 29.4 Å². The van der Waals surface area contributed by atoms with Crippen LogP contribution in [-0.4, -0.2) is 39.1 Å². The number of carbonyl (C=O) groups excluding carboxylic acids is 1. The zero-order valence-corrected chi connectivity index (χ0v) is 19.9. The molecule has 0 radical (unpaired) electrons. The highest BCUT2D eigenvalue weighted by atomic mass is 19.2. The number of nitrogens with one attached hydrogen (secondary N) is 3. The highest BCUT2D eigenvalue weighted by molar-refractivity contribution is 5.82. The van der Waals surface area contributed by atoms with Gasteiger partial charge < -0.3 is 25.1 Å². The van der Waals surface area contributed by atoms with Crippen LogP contribution in [0.1, 0.15) is 24.6 Å². The van der Waals surface area contributed by atoms with Gasteiger partial charge in [0.2, 0.25) is 18.1 Å². The van der Waals surface area contributed by atoms with Crippen molar-refractivity contribution in [3.05, 3.63) is 90.0 Å². The molecule has 1 aliphatic heterocycles. The van der Waals surface area contributed by atoms with E-state index in [1.54, 1.807) is 19.2 Å². The molecule has 0 aliphatic carbocycles. The first-order valence-electron chi connectivity index (χ1n) is 11.6. The Labute approximate surface area is 211 Å². The van der Waals surface area contributed by atoms with E-state index in [-0.39, 0.29) is 25.1 Å². The van der Waals surface area contributed by atoms with Crippen LogP contribution in [0.3, 0.4) is 0 Å². The summed E-state index contributed by atoms with van der Waals surface area (Å²) in [6, 6.07) is 14.7. The number of H-pyrrole nitrogens is 1. The second-order valence-electron chi connectivity index (χ2n) is 8.88. The van der Waals surface area contributed by atoms with Crippen molar-refractivity contribution in [1.82, 2.24) is 25.3 Å². The molecule has 0 atom stereocenters. The summed E-state index contributed by atoms with van der Waals surface area (Å²) in [6.07, 6.45) is 2.33. The van der Waals surface area contributed by atoms with E-state index in [1.807, 2.05) is 30.3 Å². The van der Waals surface area contributed by atoms with E-state index in [0.717, 1.165) is 17.7 Å². The topological polar surface area (TPSA) is 114 Å². The van der Waals surface area contributed by atoms with Gasteiger partial charge in [-0.05, 0) is 30.7 Å². The van der Waals surface area contributed by atoms with Crippen molar-refractivity contribution < 1.29 is 23.0 Å². The van der Waals surface area contributed by atoms with Crippen LogP contribution in [0.25, 0.3) is 11.4 Å². The Morgan fingerprint density at radius 3 is 2.62 bits per heavy atom. The van der Waals surface area contributed by atoms with Crippen LogP contribution in [0.15, 0.2) is 67.0 Å². The number of hydrogen-bond donors (Lipinski definition) is 3. The fourth-order valence-corrected chi connectivity index (χ4v) is 3.75. The second-order valence-corrected chi connectivity index (χ2v) is 8.88. The number of amides is 1. The lowest BCUT2D eigenvalue weighted by molar-refractivity contribution is -0.231. The predicted molar refractivity (Wildman–Crippen MR) is 130 cm³/mol. The largest absolute Gasteiger partial charge is 0.351 e. The maximum Gasteiger partial charge on any atom is 0.230 e. The van der Waals surface area contributed by atoms with Crippen molar-refractivity contribution in [2.24, 2.45) is 5.41 Å². The molecular formula is C26H24F2N6O3. The average molecular weight is 507 g/mol. The first-order chi connectivity index (χ1) is 17.9. The number of imidazole rings is 1. The van der Waals surface area contributed by atoms with Gasteiger partial charge in [-0.3, -0.25) is 4.79 Å². The van der Waals surface area contributed by atoms with E-state index in [2.05, 4.69) is 30.6 Å². The summed E-state index contributed by atoms with van der Waals surface area (Å²) >= 11 is 0. The summed E-state index contributed by atoms with van der Waals surface area (Å²) in [5, 5.41) is 5.78. The number of rotatable bonds is 7. The third-order valence-electron chi connectivity index (χ3n) is 5.88. The second kappa shape index (κ2) is 10.4. The number of halogens is 2. The minimum absolute atomic E-state index is 0.156. The quantitative estimate of drug-likeness (QED) is 0.343. The van der Waals surface area contributed by atoms with Crippen molar-refractivity contribution in [2.45, 2.75) is 19.8 Å². The molecule has 37 heavy (non-hydrogen) atoms. The molecule has 1 fully saturated rings. The molecule has 3 N–H and O–H groups in total. The molecule has 1 aliphatic rings. The van der Waals surface area contributed by atoms with Crippen molar-refractivity contribution in [3.63, 3.8) is 0 Å². The van der Waals surface area contributed by atoms with E-state index in [4.69, 9.17) is 9.47 Å². The highest BCUT2D eigenvalue weighted by Crippen LogP contribution is 2.31. The first kappa shape index (κ1) is 24.5. The molecule has 11 heteroatoms. The van der Waals surface area contributed by atoms with E-state index in [1.165, 1.54) is 12.3 Å². The van der Waals surface area contributed by atoms with Gasteiger partial charge in [0, 0.05) is 24.5 Å². The molecule has 3 heterocycles. The van der Waals surface area contributed by atoms with Crippen LogP contribution < -0.4 is 10.6 Å². The third-order valence-corrected chi connectivity index (χ3v) is 5.88. The molecule has 1 saturated heterocycles. The number of hydrogen-bond acceptors (Lipinski definition) is 7. The van der Waals surface area contributed by atoms with E-state index >= 15 is 0 Å². The van der Waals surface area contributed by atoms with E-state index in [9.17, 15) is 13.6 Å². The van der Waals surface area contributed by atoms with Crippen LogP contribution in [0.2, 0.25) is 0 Å². The van der Waals surface area contributed by atoms with Gasteiger partial charge in [-0.1, -0.05) is 30.3 Å². The monoisotopic (exact) mass is 506 g/mol. The number of ether oxygens (including phenoxy) is 2. The lowest BCUT2D eigenvalue weighted by atomic mass is 9.91. The lowest BCUT2D eigenvalue weighted by Crippen LogP contribution is -2.48. The van der Waals surface area contributed by atoms with Gasteiger partial charge in [0.05, 0.1) is 36.2 Å². The minimum atomic E-state index is -0.975. The van der Waals surface area contributed by atoms with E-state index < -0.39 is 23.3 Å². The summed E-state index contributed by atoms with van der Waals surface area (Å²) in [5.74, 6) is -1.45. The number of benzene rings is 2. The smallest absolute Gasteiger partial charge is 0.230 e. The molecule has 4 aromatic rings. The van der Waals surface area contributed by atoms with Crippen molar-refractivity contribution >= 4 is 17.5 Å². The van der Waals surface area contributed by atoms with Gasteiger partial charge >= 0.3 is 0 Å². The number of carbonyl (C=O) groups is 1. The fourth-order valence-electron chi connectivity index (χ4n) is 3.75. The zero-order valence-electron chi connectivity index (χ0n) is 19.9. The van der Waals surface area contributed by atoms with Crippen molar-refractivity contribution in [2.75, 3.05) is 18.5 Å². The molecule has 5 rings (SSSR count). The number of aromatic amines is 1. The summed E-state index contributed by atoms with van der Waals surface area (Å²) in [7, 11) is 0. The number of nitrogens with zero attached hydrogens (tertiary/aromatic N) is 3. The molecule has 0 unspecified atom stereocenters.